The number of thiazole rings is 1. The van der Waals surface area contributed by atoms with Crippen LogP contribution in [0.3, 0.4) is 0 Å². The molecule has 4 rings (SSSR count). The molecule has 0 fully saturated rings. The largest absolute Gasteiger partial charge is 0.383 e. The van der Waals surface area contributed by atoms with Gasteiger partial charge in [-0.25, -0.2) is 13.8 Å². The number of aromatic amines is 1. The molecule has 3 aromatic rings. The molecule has 0 saturated heterocycles. The average Bonchev–Trinajstić information content (AvgIpc) is 3.24. The van der Waals surface area contributed by atoms with Crippen LogP contribution in [0.4, 0.5) is 8.78 Å². The molecule has 0 bridgehead atoms. The number of nitrogens with one attached hydrogen (secondary N) is 1. The van der Waals surface area contributed by atoms with Crippen LogP contribution in [0.2, 0.25) is 0 Å². The second kappa shape index (κ2) is 9.65. The summed E-state index contributed by atoms with van der Waals surface area (Å²) in [5.74, 6) is -1.30. The van der Waals surface area contributed by atoms with E-state index in [0.717, 1.165) is 23.8 Å². The maximum atomic E-state index is 14.1. The maximum absolute atomic E-state index is 14.1. The highest BCUT2D eigenvalue weighted by Crippen LogP contribution is 2.34. The number of carbonyl (C=O) groups excluding carboxylic acids is 1. The molecular formula is C25H27F2N2O3S+. The van der Waals surface area contributed by atoms with E-state index >= 15 is 0 Å². The number of aromatic nitrogens is 2. The summed E-state index contributed by atoms with van der Waals surface area (Å²) in [5.41, 5.74) is 1.56. The summed E-state index contributed by atoms with van der Waals surface area (Å²) in [7, 11) is 1.63. The monoisotopic (exact) mass is 473 g/mol. The molecule has 5 nitrogen and oxygen atoms in total. The Morgan fingerprint density at radius 1 is 1.27 bits per heavy atom. The molecule has 1 aliphatic heterocycles. The summed E-state index contributed by atoms with van der Waals surface area (Å²) < 4.78 is 34.6. The molecule has 2 atom stereocenters. The first kappa shape index (κ1) is 23.4. The molecule has 0 radical (unpaired) electrons. The van der Waals surface area contributed by atoms with E-state index in [4.69, 9.17) is 4.74 Å². The summed E-state index contributed by atoms with van der Waals surface area (Å²) in [6, 6.07) is 3.49. The van der Waals surface area contributed by atoms with Gasteiger partial charge in [0.2, 0.25) is 0 Å². The minimum absolute atomic E-state index is 0.0213. The summed E-state index contributed by atoms with van der Waals surface area (Å²) in [5, 5.41) is 0.634. The molecule has 174 valence electrons. The van der Waals surface area contributed by atoms with E-state index in [1.165, 1.54) is 23.5 Å². The summed E-state index contributed by atoms with van der Waals surface area (Å²) in [6.45, 7) is 4.21. The zero-order valence-corrected chi connectivity index (χ0v) is 19.7. The average molecular weight is 474 g/mol. The number of hydrogen-bond acceptors (Lipinski definition) is 4. The number of halogens is 2. The van der Waals surface area contributed by atoms with E-state index in [2.05, 4.69) is 11.9 Å². The van der Waals surface area contributed by atoms with E-state index in [0.29, 0.717) is 40.4 Å². The molecule has 0 amide bonds. The number of carbonyl (C=O) groups is 1. The molecule has 1 unspecified atom stereocenters. The number of hydrogen-bond donors (Lipinski definition) is 0. The SMILES string of the molecule is CCCC1C[C@H](COC)n2cc(-c3[nH+]cc(Cc4ccc(F)cc4F)s3)c(=O)c(C)c2C1=O. The van der Waals surface area contributed by atoms with Crippen LogP contribution in [0.15, 0.2) is 35.4 Å². The number of ether oxygens (including phenoxy) is 1. The number of fused-ring (bicyclic) bond motifs is 1. The fourth-order valence-electron chi connectivity index (χ4n) is 4.62. The van der Waals surface area contributed by atoms with E-state index in [1.54, 1.807) is 26.4 Å². The van der Waals surface area contributed by atoms with Gasteiger partial charge >= 0.3 is 0 Å². The van der Waals surface area contributed by atoms with E-state index in [9.17, 15) is 18.4 Å². The minimum Gasteiger partial charge on any atom is -0.383 e. The van der Waals surface area contributed by atoms with Crippen molar-refractivity contribution in [2.45, 2.75) is 45.6 Å². The topological polar surface area (TPSA) is 62.4 Å². The number of Topliss-reactive ketones (excluding diaryl/α,β-unsaturated/α-hetero) is 1. The van der Waals surface area contributed by atoms with Crippen LogP contribution < -0.4 is 10.4 Å². The molecule has 0 aliphatic carbocycles. The summed E-state index contributed by atoms with van der Waals surface area (Å²) in [6.07, 6.45) is 6.13. The fraction of sp³-hybridized carbons (Fsp3) is 0.400. The van der Waals surface area contributed by atoms with Gasteiger partial charge in [0.05, 0.1) is 23.2 Å². The first-order valence-corrected chi connectivity index (χ1v) is 11.9. The number of H-pyrrole nitrogens is 1. The number of ketones is 1. The lowest BCUT2D eigenvalue weighted by Gasteiger charge is -2.33. The summed E-state index contributed by atoms with van der Waals surface area (Å²) in [4.78, 5) is 30.4. The molecule has 1 N–H and O–H groups in total. The lowest BCUT2D eigenvalue weighted by atomic mass is 9.84. The normalized spacial score (nSPS) is 17.9. The van der Waals surface area contributed by atoms with Crippen molar-refractivity contribution in [2.75, 3.05) is 13.7 Å². The van der Waals surface area contributed by atoms with Crippen LogP contribution in [0.25, 0.3) is 10.6 Å². The van der Waals surface area contributed by atoms with Crippen molar-refractivity contribution in [3.05, 3.63) is 74.1 Å². The Bertz CT molecular complexity index is 1250. The van der Waals surface area contributed by atoms with Gasteiger partial charge in [-0.3, -0.25) is 9.59 Å². The van der Waals surface area contributed by atoms with Gasteiger partial charge in [0, 0.05) is 37.3 Å². The molecule has 3 heterocycles. The second-order valence-electron chi connectivity index (χ2n) is 8.55. The van der Waals surface area contributed by atoms with E-state index in [-0.39, 0.29) is 29.6 Å². The third-order valence-corrected chi connectivity index (χ3v) is 7.31. The third kappa shape index (κ3) is 4.54. The number of benzene rings is 1. The maximum Gasteiger partial charge on any atom is 0.273 e. The third-order valence-electron chi connectivity index (χ3n) is 6.24. The Kier molecular flexibility index (Phi) is 6.86. The van der Waals surface area contributed by atoms with Crippen LogP contribution in [0.1, 0.15) is 58.7 Å². The molecule has 1 aliphatic rings. The quantitative estimate of drug-likeness (QED) is 0.497. The van der Waals surface area contributed by atoms with Crippen LogP contribution in [0.5, 0.6) is 0 Å². The Hall–Kier alpha value is -2.71. The van der Waals surface area contributed by atoms with Gasteiger partial charge in [0.1, 0.15) is 17.2 Å². The number of pyridine rings is 1. The van der Waals surface area contributed by atoms with Crippen molar-refractivity contribution in [3.8, 4) is 10.6 Å². The van der Waals surface area contributed by atoms with Crippen molar-refractivity contribution < 1.29 is 23.3 Å². The Balaban J connectivity index is 1.73. The van der Waals surface area contributed by atoms with Crippen molar-refractivity contribution in [2.24, 2.45) is 5.92 Å². The Morgan fingerprint density at radius 2 is 2.06 bits per heavy atom. The first-order chi connectivity index (χ1) is 15.8. The van der Waals surface area contributed by atoms with Gasteiger partial charge in [-0.1, -0.05) is 30.7 Å². The fourth-order valence-corrected chi connectivity index (χ4v) is 5.60. The zero-order chi connectivity index (χ0) is 23.7. The van der Waals surface area contributed by atoms with Crippen LogP contribution >= 0.6 is 11.3 Å². The lowest BCUT2D eigenvalue weighted by Crippen LogP contribution is -2.36. The molecule has 1 aromatic carbocycles. The number of nitrogens with zero attached hydrogens (tertiary/aromatic N) is 1. The number of rotatable bonds is 7. The van der Waals surface area contributed by atoms with Gasteiger partial charge in [-0.05, 0) is 31.4 Å². The Labute approximate surface area is 195 Å². The van der Waals surface area contributed by atoms with Gasteiger partial charge in [-0.15, -0.1) is 0 Å². The first-order valence-electron chi connectivity index (χ1n) is 11.1. The predicted molar refractivity (Wildman–Crippen MR) is 123 cm³/mol. The van der Waals surface area contributed by atoms with Crippen LogP contribution in [-0.4, -0.2) is 24.1 Å². The predicted octanol–water partition coefficient (Wildman–Crippen LogP) is 4.76. The highest BCUT2D eigenvalue weighted by molar-refractivity contribution is 7.14. The lowest BCUT2D eigenvalue weighted by molar-refractivity contribution is -0.358. The molecule has 8 heteroatoms. The minimum atomic E-state index is -0.617. The van der Waals surface area contributed by atoms with Crippen molar-refractivity contribution in [1.82, 2.24) is 4.57 Å². The van der Waals surface area contributed by atoms with Crippen LogP contribution in [-0.2, 0) is 11.2 Å². The molecule has 0 saturated carbocycles. The van der Waals surface area contributed by atoms with Gasteiger partial charge in [0.25, 0.3) is 5.01 Å². The summed E-state index contributed by atoms with van der Waals surface area (Å²) >= 11 is 1.35. The standard InChI is InChI=1S/C25H26F2N2O3S/c1-4-5-16-8-18(13-32-3)29-12-20(23(30)14(2)22(29)24(16)31)25-28-11-19(33-25)9-15-6-7-17(26)10-21(15)27/h6-7,10-12,16,18H,4-5,8-9,13H2,1-3H3/p+1/t16?,18-/m1/s1. The Morgan fingerprint density at radius 3 is 2.76 bits per heavy atom. The van der Waals surface area contributed by atoms with Gasteiger partial charge < -0.3 is 9.30 Å². The molecule has 2 aromatic heterocycles. The van der Waals surface area contributed by atoms with Crippen molar-refractivity contribution >= 4 is 17.1 Å². The highest BCUT2D eigenvalue weighted by Gasteiger charge is 2.35. The van der Waals surface area contributed by atoms with Gasteiger partial charge in [0.15, 0.2) is 17.4 Å². The molecule has 0 spiro atoms. The van der Waals surface area contributed by atoms with Crippen LogP contribution in [0, 0.1) is 24.5 Å². The van der Waals surface area contributed by atoms with Crippen molar-refractivity contribution in [3.63, 3.8) is 0 Å². The zero-order valence-electron chi connectivity index (χ0n) is 18.9. The molecule has 33 heavy (non-hydrogen) atoms. The number of methoxy groups -OCH3 is 1. The van der Waals surface area contributed by atoms with E-state index in [1.807, 2.05) is 4.57 Å². The van der Waals surface area contributed by atoms with Gasteiger partial charge in [-0.2, -0.15) is 0 Å². The van der Waals surface area contributed by atoms with E-state index < -0.39 is 11.6 Å². The highest BCUT2D eigenvalue weighted by atomic mass is 32.1. The van der Waals surface area contributed by atoms with Crippen molar-refractivity contribution in [1.29, 1.82) is 0 Å². The second-order valence-corrected chi connectivity index (χ2v) is 9.68. The molecular weight excluding hydrogens is 446 g/mol. The smallest absolute Gasteiger partial charge is 0.273 e.